The number of nitrogens with zero attached hydrogens (tertiary/aromatic N) is 2. The Morgan fingerprint density at radius 2 is 2.47 bits per heavy atom. The molecule has 0 saturated carbocycles. The average Bonchev–Trinajstić information content (AvgIpc) is 2.76. The van der Waals surface area contributed by atoms with E-state index in [0.717, 1.165) is 12.4 Å². The molecule has 0 aliphatic heterocycles. The lowest BCUT2D eigenvalue weighted by molar-refractivity contribution is 0.381. The highest BCUT2D eigenvalue weighted by atomic mass is 15.2. The summed E-state index contributed by atoms with van der Waals surface area (Å²) in [7, 11) is 0. The van der Waals surface area contributed by atoms with E-state index in [0.29, 0.717) is 17.4 Å². The lowest BCUT2D eigenvalue weighted by Gasteiger charge is -2.29. The number of H-pyrrole nitrogens is 1. The van der Waals surface area contributed by atoms with E-state index >= 15 is 0 Å². The summed E-state index contributed by atoms with van der Waals surface area (Å²) in [4.78, 5) is 0. The van der Waals surface area contributed by atoms with E-state index < -0.39 is 0 Å². The topological polar surface area (TPSA) is 64.5 Å². The van der Waals surface area contributed by atoms with E-state index in [1.54, 1.807) is 6.20 Å². The third-order valence-corrected chi connectivity index (χ3v) is 3.62. The van der Waals surface area contributed by atoms with Crippen LogP contribution in [0, 0.1) is 23.2 Å². The van der Waals surface area contributed by atoms with Gasteiger partial charge in [-0.15, -0.1) is 0 Å². The zero-order valence-corrected chi connectivity index (χ0v) is 10.3. The molecule has 1 aromatic rings. The molecule has 0 bridgehead atoms. The third kappa shape index (κ3) is 2.50. The van der Waals surface area contributed by atoms with Crippen LogP contribution < -0.4 is 5.32 Å². The van der Waals surface area contributed by atoms with Crippen molar-refractivity contribution in [3.05, 3.63) is 23.4 Å². The lowest BCUT2D eigenvalue weighted by atomic mass is 9.80. The first kappa shape index (κ1) is 11.7. The monoisotopic (exact) mass is 230 g/mol. The normalized spacial score (nSPS) is 23.9. The lowest BCUT2D eigenvalue weighted by Crippen LogP contribution is -2.25. The summed E-state index contributed by atoms with van der Waals surface area (Å²) in [6.45, 7) is 5.35. The molecule has 0 spiro atoms. The van der Waals surface area contributed by atoms with Gasteiger partial charge in [-0.25, -0.2) is 0 Å². The van der Waals surface area contributed by atoms with Crippen LogP contribution in [0.5, 0.6) is 0 Å². The predicted molar refractivity (Wildman–Crippen MR) is 67.4 cm³/mol. The third-order valence-electron chi connectivity index (χ3n) is 3.62. The maximum absolute atomic E-state index is 8.89. The molecule has 4 nitrogen and oxygen atoms in total. The number of rotatable bonds is 3. The Balaban J connectivity index is 2.00. The fourth-order valence-corrected chi connectivity index (χ4v) is 2.46. The van der Waals surface area contributed by atoms with Crippen molar-refractivity contribution in [1.29, 1.82) is 5.26 Å². The molecule has 0 saturated heterocycles. The Kier molecular flexibility index (Phi) is 3.48. The van der Waals surface area contributed by atoms with E-state index in [4.69, 9.17) is 5.26 Å². The summed E-state index contributed by atoms with van der Waals surface area (Å²) >= 11 is 0. The molecule has 1 aliphatic carbocycles. The van der Waals surface area contributed by atoms with Gasteiger partial charge in [0.05, 0.1) is 6.20 Å². The quantitative estimate of drug-likeness (QED) is 0.785. The highest BCUT2D eigenvalue weighted by Crippen LogP contribution is 2.30. The Morgan fingerprint density at radius 1 is 1.65 bits per heavy atom. The van der Waals surface area contributed by atoms with Crippen molar-refractivity contribution in [1.82, 2.24) is 10.2 Å². The van der Waals surface area contributed by atoms with Crippen molar-refractivity contribution in [3.63, 3.8) is 0 Å². The van der Waals surface area contributed by atoms with Gasteiger partial charge in [0.25, 0.3) is 0 Å². The molecular formula is C13H18N4. The van der Waals surface area contributed by atoms with Gasteiger partial charge in [0.2, 0.25) is 0 Å². The molecule has 17 heavy (non-hydrogen) atoms. The molecule has 2 atom stereocenters. The number of nitriles is 1. The van der Waals surface area contributed by atoms with E-state index in [-0.39, 0.29) is 0 Å². The predicted octanol–water partition coefficient (Wildman–Crippen LogP) is 2.69. The van der Waals surface area contributed by atoms with Crippen LogP contribution in [0.25, 0.3) is 0 Å². The fourth-order valence-electron chi connectivity index (χ4n) is 2.46. The summed E-state index contributed by atoms with van der Waals surface area (Å²) in [6, 6.07) is 2.11. The summed E-state index contributed by atoms with van der Waals surface area (Å²) in [5.74, 6) is 1.98. The Bertz CT molecular complexity index is 452. The second-order valence-electron chi connectivity index (χ2n) is 4.76. The fraction of sp³-hybridized carbons (Fsp3) is 0.538. The van der Waals surface area contributed by atoms with Gasteiger partial charge in [-0.3, -0.25) is 5.10 Å². The molecule has 4 heteroatoms. The molecule has 90 valence electrons. The molecular weight excluding hydrogens is 212 g/mol. The van der Waals surface area contributed by atoms with Gasteiger partial charge < -0.3 is 5.32 Å². The van der Waals surface area contributed by atoms with E-state index in [1.165, 1.54) is 18.4 Å². The van der Waals surface area contributed by atoms with Crippen molar-refractivity contribution in [3.8, 4) is 6.07 Å². The van der Waals surface area contributed by atoms with Crippen LogP contribution in [0.2, 0.25) is 0 Å². The molecule has 1 aliphatic rings. The molecule has 1 heterocycles. The van der Waals surface area contributed by atoms with Crippen LogP contribution in [0.4, 0.5) is 5.82 Å². The molecule has 2 unspecified atom stereocenters. The minimum Gasteiger partial charge on any atom is -0.369 e. The second kappa shape index (κ2) is 5.05. The maximum atomic E-state index is 8.89. The number of anilines is 1. The van der Waals surface area contributed by atoms with Crippen molar-refractivity contribution in [2.45, 2.75) is 26.7 Å². The smallest absolute Gasteiger partial charge is 0.139 e. The second-order valence-corrected chi connectivity index (χ2v) is 4.76. The maximum Gasteiger partial charge on any atom is 0.139 e. The van der Waals surface area contributed by atoms with E-state index in [9.17, 15) is 0 Å². The molecule has 0 aromatic carbocycles. The van der Waals surface area contributed by atoms with E-state index in [2.05, 4.69) is 41.5 Å². The number of aromatic amines is 1. The van der Waals surface area contributed by atoms with Gasteiger partial charge in [0, 0.05) is 6.54 Å². The van der Waals surface area contributed by atoms with Crippen LogP contribution in [-0.4, -0.2) is 16.7 Å². The zero-order valence-electron chi connectivity index (χ0n) is 10.3. The zero-order chi connectivity index (χ0) is 12.3. The van der Waals surface area contributed by atoms with Gasteiger partial charge in [-0.05, 0) is 31.6 Å². The standard InChI is InChI=1S/C13H18N4/c1-9-4-3-5-10(2)12(9)8-15-13-11(6-14)7-16-17-13/h4,7,10,12H,3,5,8H2,1-2H3,(H2,15,16,17). The van der Waals surface area contributed by atoms with Crippen molar-refractivity contribution in [2.24, 2.45) is 11.8 Å². The minimum absolute atomic E-state index is 0.554. The highest BCUT2D eigenvalue weighted by molar-refractivity contribution is 5.50. The van der Waals surface area contributed by atoms with Crippen molar-refractivity contribution in [2.75, 3.05) is 11.9 Å². The number of hydrogen-bond donors (Lipinski definition) is 2. The molecule has 0 amide bonds. The van der Waals surface area contributed by atoms with Crippen molar-refractivity contribution < 1.29 is 0 Å². The summed E-state index contributed by atoms with van der Waals surface area (Å²) in [5.41, 5.74) is 2.03. The van der Waals surface area contributed by atoms with Gasteiger partial charge in [-0.1, -0.05) is 18.6 Å². The summed E-state index contributed by atoms with van der Waals surface area (Å²) in [6.07, 6.45) is 6.31. The SMILES string of the molecule is CC1=CCCC(C)C1CNc1[nH]ncc1C#N. The van der Waals surface area contributed by atoms with Crippen LogP contribution in [0.1, 0.15) is 32.3 Å². The molecule has 0 radical (unpaired) electrons. The Labute approximate surface area is 102 Å². The highest BCUT2D eigenvalue weighted by Gasteiger charge is 2.22. The summed E-state index contributed by atoms with van der Waals surface area (Å²) in [5, 5.41) is 18.9. The molecule has 0 fully saturated rings. The molecule has 2 rings (SSSR count). The van der Waals surface area contributed by atoms with Crippen LogP contribution in [-0.2, 0) is 0 Å². The van der Waals surface area contributed by atoms with Crippen molar-refractivity contribution >= 4 is 5.82 Å². The first-order valence-electron chi connectivity index (χ1n) is 6.06. The minimum atomic E-state index is 0.554. The van der Waals surface area contributed by atoms with Crippen LogP contribution in [0.15, 0.2) is 17.8 Å². The van der Waals surface area contributed by atoms with Crippen LogP contribution in [0.3, 0.4) is 0 Å². The Hall–Kier alpha value is -1.76. The number of aromatic nitrogens is 2. The number of hydrogen-bond acceptors (Lipinski definition) is 3. The molecule has 2 N–H and O–H groups in total. The average molecular weight is 230 g/mol. The van der Waals surface area contributed by atoms with Gasteiger partial charge in [0.1, 0.15) is 17.5 Å². The van der Waals surface area contributed by atoms with E-state index in [1.807, 2.05) is 0 Å². The summed E-state index contributed by atoms with van der Waals surface area (Å²) < 4.78 is 0. The van der Waals surface area contributed by atoms with Gasteiger partial charge in [0.15, 0.2) is 0 Å². The number of allylic oxidation sites excluding steroid dienone is 1. The largest absolute Gasteiger partial charge is 0.369 e. The first-order valence-corrected chi connectivity index (χ1v) is 6.06. The Morgan fingerprint density at radius 3 is 3.18 bits per heavy atom. The molecule has 1 aromatic heterocycles. The van der Waals surface area contributed by atoms with Crippen LogP contribution >= 0.6 is 0 Å². The van der Waals surface area contributed by atoms with Gasteiger partial charge >= 0.3 is 0 Å². The van der Waals surface area contributed by atoms with Gasteiger partial charge in [-0.2, -0.15) is 10.4 Å². The first-order chi connectivity index (χ1) is 8.22. The number of nitrogens with one attached hydrogen (secondary N) is 2.